The second-order valence-electron chi connectivity index (χ2n) is 5.51. The summed E-state index contributed by atoms with van der Waals surface area (Å²) in [6.45, 7) is 6.12. The molecule has 6 heteroatoms. The molecule has 0 aliphatic heterocycles. The summed E-state index contributed by atoms with van der Waals surface area (Å²) in [7, 11) is 0. The standard InChI is InChI=1S/C18H24N2O2S2/c1-4-6-10-23-16-12-19-18(24-16)20-17(21)15(5-2)22-14-9-7-8-13(3)11-14/h7-9,11-12,15H,4-6,10H2,1-3H3,(H,19,20,21). The van der Waals surface area contributed by atoms with Crippen molar-refractivity contribution in [2.45, 2.75) is 50.3 Å². The zero-order valence-corrected chi connectivity index (χ0v) is 16.0. The molecule has 2 aromatic rings. The largest absolute Gasteiger partial charge is 0.481 e. The predicted molar refractivity (Wildman–Crippen MR) is 102 cm³/mol. The highest BCUT2D eigenvalue weighted by Gasteiger charge is 2.19. The number of ether oxygens (including phenoxy) is 1. The number of amides is 1. The number of hydrogen-bond donors (Lipinski definition) is 1. The van der Waals surface area contributed by atoms with Crippen LogP contribution in [0.1, 0.15) is 38.7 Å². The molecule has 1 unspecified atom stereocenters. The Morgan fingerprint density at radius 3 is 2.96 bits per heavy atom. The van der Waals surface area contributed by atoms with Crippen LogP contribution in [0.15, 0.2) is 34.7 Å². The number of thioether (sulfide) groups is 1. The van der Waals surface area contributed by atoms with Crippen molar-refractivity contribution in [2.75, 3.05) is 11.1 Å². The van der Waals surface area contributed by atoms with Gasteiger partial charge in [0.2, 0.25) is 0 Å². The van der Waals surface area contributed by atoms with E-state index in [1.165, 1.54) is 24.2 Å². The van der Waals surface area contributed by atoms with Gasteiger partial charge in [-0.05, 0) is 43.2 Å². The van der Waals surface area contributed by atoms with Crippen molar-refractivity contribution in [2.24, 2.45) is 0 Å². The van der Waals surface area contributed by atoms with E-state index in [2.05, 4.69) is 17.2 Å². The Morgan fingerprint density at radius 1 is 1.42 bits per heavy atom. The maximum Gasteiger partial charge on any atom is 0.267 e. The lowest BCUT2D eigenvalue weighted by molar-refractivity contribution is -0.122. The van der Waals surface area contributed by atoms with Gasteiger partial charge in [-0.15, -0.1) is 11.8 Å². The van der Waals surface area contributed by atoms with Crippen molar-refractivity contribution in [1.29, 1.82) is 0 Å². The maximum atomic E-state index is 12.4. The number of benzene rings is 1. The number of anilines is 1. The van der Waals surface area contributed by atoms with Crippen LogP contribution in [0, 0.1) is 6.92 Å². The van der Waals surface area contributed by atoms with Gasteiger partial charge in [0.15, 0.2) is 11.2 Å². The lowest BCUT2D eigenvalue weighted by Crippen LogP contribution is -2.32. The van der Waals surface area contributed by atoms with Gasteiger partial charge in [0.25, 0.3) is 5.91 Å². The Hall–Kier alpha value is -1.53. The summed E-state index contributed by atoms with van der Waals surface area (Å²) in [5, 5.41) is 3.50. The molecule has 0 radical (unpaired) electrons. The number of unbranched alkanes of at least 4 members (excludes halogenated alkanes) is 1. The van der Waals surface area contributed by atoms with Crippen LogP contribution in [-0.2, 0) is 4.79 Å². The van der Waals surface area contributed by atoms with Gasteiger partial charge in [-0.3, -0.25) is 10.1 Å². The number of hydrogen-bond acceptors (Lipinski definition) is 5. The lowest BCUT2D eigenvalue weighted by atomic mass is 10.2. The first kappa shape index (κ1) is 18.8. The normalized spacial score (nSPS) is 12.0. The fraction of sp³-hybridized carbons (Fsp3) is 0.444. The topological polar surface area (TPSA) is 51.2 Å². The minimum atomic E-state index is -0.521. The first-order valence-corrected chi connectivity index (χ1v) is 10.1. The van der Waals surface area contributed by atoms with Crippen molar-refractivity contribution in [1.82, 2.24) is 4.98 Å². The van der Waals surface area contributed by atoms with E-state index in [9.17, 15) is 4.79 Å². The molecule has 1 heterocycles. The summed E-state index contributed by atoms with van der Waals surface area (Å²) in [6, 6.07) is 7.73. The van der Waals surface area contributed by atoms with Gasteiger partial charge in [0, 0.05) is 0 Å². The van der Waals surface area contributed by atoms with Gasteiger partial charge in [0.05, 0.1) is 10.4 Å². The smallest absolute Gasteiger partial charge is 0.267 e. The number of nitrogens with zero attached hydrogens (tertiary/aromatic N) is 1. The summed E-state index contributed by atoms with van der Waals surface area (Å²) in [4.78, 5) is 16.7. The van der Waals surface area contributed by atoms with Crippen LogP contribution in [0.2, 0.25) is 0 Å². The Bertz CT molecular complexity index is 658. The molecule has 0 aliphatic carbocycles. The van der Waals surface area contributed by atoms with Crippen molar-refractivity contribution in [3.05, 3.63) is 36.0 Å². The molecule has 0 bridgehead atoms. The van der Waals surface area contributed by atoms with Crippen molar-refractivity contribution in [3.8, 4) is 5.75 Å². The number of nitrogens with one attached hydrogen (secondary N) is 1. The molecule has 1 atom stereocenters. The van der Waals surface area contributed by atoms with Crippen LogP contribution in [0.4, 0.5) is 5.13 Å². The summed E-state index contributed by atoms with van der Waals surface area (Å²) in [5.41, 5.74) is 1.11. The van der Waals surface area contributed by atoms with Crippen molar-refractivity contribution < 1.29 is 9.53 Å². The van der Waals surface area contributed by atoms with E-state index < -0.39 is 6.10 Å². The summed E-state index contributed by atoms with van der Waals surface area (Å²) in [5.74, 6) is 1.64. The summed E-state index contributed by atoms with van der Waals surface area (Å²) in [6.07, 6.45) is 4.27. The van der Waals surface area contributed by atoms with Gasteiger partial charge in [-0.2, -0.15) is 0 Å². The minimum absolute atomic E-state index is 0.154. The molecule has 0 fully saturated rings. The second-order valence-corrected chi connectivity index (χ2v) is 7.93. The Labute approximate surface area is 152 Å². The number of carbonyl (C=O) groups is 1. The number of rotatable bonds is 9. The number of thiazole rings is 1. The van der Waals surface area contributed by atoms with E-state index in [4.69, 9.17) is 4.74 Å². The van der Waals surface area contributed by atoms with Gasteiger partial charge >= 0.3 is 0 Å². The van der Waals surface area contributed by atoms with Crippen LogP contribution in [0.25, 0.3) is 0 Å². The third kappa shape index (κ3) is 5.83. The minimum Gasteiger partial charge on any atom is -0.481 e. The quantitative estimate of drug-likeness (QED) is 0.494. The van der Waals surface area contributed by atoms with E-state index in [1.54, 1.807) is 11.8 Å². The molecular weight excluding hydrogens is 340 g/mol. The first-order chi connectivity index (χ1) is 11.6. The Balaban J connectivity index is 1.91. The van der Waals surface area contributed by atoms with Crippen LogP contribution < -0.4 is 10.1 Å². The SMILES string of the molecule is CCCCSc1cnc(NC(=O)C(CC)Oc2cccc(C)c2)s1. The fourth-order valence-electron chi connectivity index (χ4n) is 2.06. The summed E-state index contributed by atoms with van der Waals surface area (Å²) >= 11 is 3.30. The van der Waals surface area contributed by atoms with Crippen LogP contribution in [0.5, 0.6) is 5.75 Å². The number of carbonyl (C=O) groups excluding carboxylic acids is 1. The highest BCUT2D eigenvalue weighted by Crippen LogP contribution is 2.29. The van der Waals surface area contributed by atoms with Gasteiger partial charge in [0.1, 0.15) is 5.75 Å². The molecule has 1 aromatic carbocycles. The molecule has 130 valence electrons. The molecule has 0 aliphatic rings. The zero-order valence-electron chi connectivity index (χ0n) is 14.4. The maximum absolute atomic E-state index is 12.4. The van der Waals surface area contributed by atoms with Crippen molar-refractivity contribution >= 4 is 34.1 Å². The van der Waals surface area contributed by atoms with Crippen molar-refractivity contribution in [3.63, 3.8) is 0 Å². The Morgan fingerprint density at radius 2 is 2.25 bits per heavy atom. The molecule has 0 saturated carbocycles. The number of aryl methyl sites for hydroxylation is 1. The third-order valence-corrected chi connectivity index (χ3v) is 5.58. The van der Waals surface area contributed by atoms with E-state index in [-0.39, 0.29) is 5.91 Å². The monoisotopic (exact) mass is 364 g/mol. The van der Waals surface area contributed by atoms with E-state index >= 15 is 0 Å². The van der Waals surface area contributed by atoms with E-state index in [1.807, 2.05) is 44.3 Å². The second kappa shape index (κ2) is 9.69. The van der Waals surface area contributed by atoms with Crippen LogP contribution in [-0.4, -0.2) is 22.7 Å². The van der Waals surface area contributed by atoms with E-state index in [0.29, 0.717) is 17.3 Å². The molecule has 1 N–H and O–H groups in total. The van der Waals surface area contributed by atoms with Crippen LogP contribution >= 0.6 is 23.1 Å². The average Bonchev–Trinajstić information content (AvgIpc) is 3.00. The third-order valence-electron chi connectivity index (χ3n) is 3.39. The molecule has 1 amide bonds. The Kier molecular flexibility index (Phi) is 7.59. The van der Waals surface area contributed by atoms with Gasteiger partial charge < -0.3 is 4.74 Å². The lowest BCUT2D eigenvalue weighted by Gasteiger charge is -2.16. The average molecular weight is 365 g/mol. The van der Waals surface area contributed by atoms with Crippen LogP contribution in [0.3, 0.4) is 0 Å². The van der Waals surface area contributed by atoms with E-state index in [0.717, 1.165) is 15.5 Å². The molecule has 1 aromatic heterocycles. The molecular formula is C18H24N2O2S2. The first-order valence-electron chi connectivity index (χ1n) is 8.25. The molecule has 0 saturated heterocycles. The molecule has 0 spiro atoms. The fourth-order valence-corrected chi connectivity index (χ4v) is 4.10. The van der Waals surface area contributed by atoms with Gasteiger partial charge in [-0.1, -0.05) is 43.7 Å². The molecule has 24 heavy (non-hydrogen) atoms. The molecule has 2 rings (SSSR count). The van der Waals surface area contributed by atoms with Gasteiger partial charge in [-0.25, -0.2) is 4.98 Å². The zero-order chi connectivity index (χ0) is 17.4. The molecule has 4 nitrogen and oxygen atoms in total. The summed E-state index contributed by atoms with van der Waals surface area (Å²) < 4.78 is 6.96. The highest BCUT2D eigenvalue weighted by atomic mass is 32.2. The highest BCUT2D eigenvalue weighted by molar-refractivity contribution is 8.01. The number of aromatic nitrogens is 1. The predicted octanol–water partition coefficient (Wildman–Crippen LogP) is 5.14.